The molecule has 0 aliphatic rings. The molecule has 1 radical (unpaired) electrons. The summed E-state index contributed by atoms with van der Waals surface area (Å²) in [5, 5.41) is 19.1. The average Bonchev–Trinajstić information content (AvgIpc) is 2.52. The number of aryl methyl sites for hydroxylation is 1. The summed E-state index contributed by atoms with van der Waals surface area (Å²) in [6.07, 6.45) is 5.17. The zero-order valence-electron chi connectivity index (χ0n) is 16.0. The number of halogens is 2. The second kappa shape index (κ2) is 15.2. The van der Waals surface area contributed by atoms with E-state index >= 15 is 0 Å². The molecule has 2 rings (SSSR count). The Bertz CT molecular complexity index is 681. The van der Waals surface area contributed by atoms with Gasteiger partial charge in [0.25, 0.3) is 0 Å². The summed E-state index contributed by atoms with van der Waals surface area (Å²) in [6.45, 7) is 9.68. The molecule has 0 bridgehead atoms. The van der Waals surface area contributed by atoms with Crippen LogP contribution in [0, 0.1) is 30.9 Å². The minimum Gasteiger partial charge on any atom is -0.508 e. The number of fused-ring (bicyclic) bond motifs is 1. The van der Waals surface area contributed by atoms with Gasteiger partial charge in [-0.25, -0.2) is 8.78 Å². The smallest absolute Gasteiger partial charge is 0.175 e. The molecule has 2 aromatic carbocycles. The quantitative estimate of drug-likeness (QED) is 0.453. The SMILES string of the molecule is C#Cc1c(F)c(F)cc2cc(O)cc(C)c12.CC.CC.CN(C)O.[Y]. The Labute approximate surface area is 174 Å². The Morgan fingerprint density at radius 1 is 1.04 bits per heavy atom. The van der Waals surface area contributed by atoms with Crippen LogP contribution < -0.4 is 0 Å². The summed E-state index contributed by atoms with van der Waals surface area (Å²) >= 11 is 0. The van der Waals surface area contributed by atoms with Gasteiger partial charge in [-0.15, -0.1) is 6.42 Å². The fourth-order valence-corrected chi connectivity index (χ4v) is 1.81. The van der Waals surface area contributed by atoms with Crippen molar-refractivity contribution in [2.75, 3.05) is 14.1 Å². The van der Waals surface area contributed by atoms with E-state index in [1.54, 1.807) is 21.0 Å². The van der Waals surface area contributed by atoms with Gasteiger partial charge in [-0.3, -0.25) is 0 Å². The number of aromatic hydroxyl groups is 1. The molecule has 2 N–H and O–H groups in total. The van der Waals surface area contributed by atoms with E-state index < -0.39 is 11.6 Å². The van der Waals surface area contributed by atoms with Crippen LogP contribution in [0.25, 0.3) is 10.8 Å². The number of rotatable bonds is 0. The maximum Gasteiger partial charge on any atom is 0.175 e. The Morgan fingerprint density at radius 2 is 1.48 bits per heavy atom. The Hall–Kier alpha value is -1.06. The molecule has 0 saturated carbocycles. The molecule has 3 nitrogen and oxygen atoms in total. The summed E-state index contributed by atoms with van der Waals surface area (Å²) in [5.41, 5.74) is 0.509. The molecule has 2 aromatic rings. The van der Waals surface area contributed by atoms with Crippen LogP contribution in [0.3, 0.4) is 0 Å². The van der Waals surface area contributed by atoms with Crippen molar-refractivity contribution < 1.29 is 51.8 Å². The normalized spacial score (nSPS) is 8.56. The number of benzene rings is 2. The Morgan fingerprint density at radius 3 is 1.88 bits per heavy atom. The maximum absolute atomic E-state index is 13.4. The molecule has 0 aliphatic carbocycles. The first-order chi connectivity index (χ1) is 11.3. The van der Waals surface area contributed by atoms with E-state index in [4.69, 9.17) is 11.6 Å². The van der Waals surface area contributed by atoms with Crippen LogP contribution in [0.15, 0.2) is 18.2 Å². The molecule has 0 heterocycles. The molecule has 6 heteroatoms. The van der Waals surface area contributed by atoms with Gasteiger partial charge in [0.2, 0.25) is 0 Å². The molecule has 0 spiro atoms. The van der Waals surface area contributed by atoms with Crippen molar-refractivity contribution in [3.63, 3.8) is 0 Å². The number of phenols is 1. The van der Waals surface area contributed by atoms with Crippen molar-refractivity contribution in [3.8, 4) is 18.1 Å². The topological polar surface area (TPSA) is 43.7 Å². The predicted octanol–water partition coefficient (Wildman–Crippen LogP) is 5.10. The molecule has 0 amide bonds. The maximum atomic E-state index is 13.4. The molecule has 0 unspecified atom stereocenters. The van der Waals surface area contributed by atoms with E-state index in [1.807, 2.05) is 27.7 Å². The zero-order chi connectivity index (χ0) is 19.4. The zero-order valence-corrected chi connectivity index (χ0v) is 18.8. The van der Waals surface area contributed by atoms with Gasteiger partial charge in [0.15, 0.2) is 11.6 Å². The van der Waals surface area contributed by atoms with Crippen LogP contribution in [-0.4, -0.2) is 29.5 Å². The van der Waals surface area contributed by atoms with E-state index in [1.165, 1.54) is 12.1 Å². The van der Waals surface area contributed by atoms with E-state index in [-0.39, 0.29) is 44.0 Å². The molecule has 137 valence electrons. The Balaban J connectivity index is -0.000000466. The number of hydroxylamine groups is 2. The monoisotopic (exact) mass is 428 g/mol. The standard InChI is InChI=1S/C13H8F2O.C2H7NO.2C2H6.Y/c1-3-10-12-7(2)4-9(16)5-8(12)6-11(14)13(10)15;1-3(2)4;2*1-2;/h1,4-6,16H,2H3;4H,1-2H3;2*1-2H3;. The fraction of sp³-hybridized carbons (Fsp3) is 0.368. The number of phenolic OH excluding ortho intramolecular Hbond substituents is 1. The van der Waals surface area contributed by atoms with Gasteiger partial charge < -0.3 is 10.3 Å². The van der Waals surface area contributed by atoms with Crippen molar-refractivity contribution >= 4 is 10.8 Å². The van der Waals surface area contributed by atoms with Crippen molar-refractivity contribution in [1.29, 1.82) is 0 Å². The predicted molar refractivity (Wildman–Crippen MR) is 96.4 cm³/mol. The summed E-state index contributed by atoms with van der Waals surface area (Å²) in [7, 11) is 3.11. The molecular formula is C19H27F2NO2Y. The number of nitrogens with zero attached hydrogens (tertiary/aromatic N) is 1. The van der Waals surface area contributed by atoms with Crippen LogP contribution in [0.2, 0.25) is 0 Å². The van der Waals surface area contributed by atoms with Crippen LogP contribution in [0.5, 0.6) is 5.75 Å². The molecule has 0 saturated heterocycles. The second-order valence-corrected chi connectivity index (χ2v) is 4.40. The summed E-state index contributed by atoms with van der Waals surface area (Å²) in [6, 6.07) is 3.84. The van der Waals surface area contributed by atoms with E-state index in [9.17, 15) is 13.9 Å². The molecular weight excluding hydrogens is 401 g/mol. The van der Waals surface area contributed by atoms with Crippen molar-refractivity contribution in [3.05, 3.63) is 41.0 Å². The van der Waals surface area contributed by atoms with Crippen LogP contribution in [0.1, 0.15) is 38.8 Å². The van der Waals surface area contributed by atoms with Crippen LogP contribution in [-0.2, 0) is 32.7 Å². The van der Waals surface area contributed by atoms with Gasteiger partial charge >= 0.3 is 0 Å². The van der Waals surface area contributed by atoms with E-state index in [0.29, 0.717) is 16.3 Å². The van der Waals surface area contributed by atoms with Crippen molar-refractivity contribution in [2.45, 2.75) is 34.6 Å². The molecule has 0 aromatic heterocycles. The summed E-state index contributed by atoms with van der Waals surface area (Å²) < 4.78 is 26.6. The van der Waals surface area contributed by atoms with Gasteiger partial charge in [-0.05, 0) is 36.1 Å². The van der Waals surface area contributed by atoms with Crippen molar-refractivity contribution in [1.82, 2.24) is 5.06 Å². The second-order valence-electron chi connectivity index (χ2n) is 4.40. The van der Waals surface area contributed by atoms with Crippen LogP contribution in [0.4, 0.5) is 8.78 Å². The summed E-state index contributed by atoms with van der Waals surface area (Å²) in [5.74, 6) is 0.109. The number of hydrogen-bond donors (Lipinski definition) is 2. The molecule has 0 aliphatic heterocycles. The van der Waals surface area contributed by atoms with Gasteiger partial charge in [-0.1, -0.05) is 33.6 Å². The third-order valence-corrected chi connectivity index (χ3v) is 2.46. The van der Waals surface area contributed by atoms with Gasteiger partial charge in [-0.2, -0.15) is 5.06 Å². The first-order valence-corrected chi connectivity index (χ1v) is 7.72. The first-order valence-electron chi connectivity index (χ1n) is 7.72. The van der Waals surface area contributed by atoms with Crippen LogP contribution >= 0.6 is 0 Å². The van der Waals surface area contributed by atoms with Gasteiger partial charge in [0.05, 0.1) is 5.56 Å². The Kier molecular flexibility index (Phi) is 17.5. The van der Waals surface area contributed by atoms with Gasteiger partial charge in [0, 0.05) is 52.2 Å². The number of terminal acetylenes is 1. The van der Waals surface area contributed by atoms with E-state index in [2.05, 4.69) is 5.92 Å². The number of hydrogen-bond acceptors (Lipinski definition) is 3. The van der Waals surface area contributed by atoms with Gasteiger partial charge in [0.1, 0.15) is 5.75 Å². The third kappa shape index (κ3) is 9.27. The minimum atomic E-state index is -1.02. The van der Waals surface area contributed by atoms with Crippen molar-refractivity contribution in [2.24, 2.45) is 0 Å². The first kappa shape index (κ1) is 28.7. The molecule has 0 atom stereocenters. The summed E-state index contributed by atoms with van der Waals surface area (Å²) in [4.78, 5) is 0. The van der Waals surface area contributed by atoms with E-state index in [0.717, 1.165) is 11.1 Å². The molecule has 0 fully saturated rings. The minimum absolute atomic E-state index is 0. The largest absolute Gasteiger partial charge is 0.508 e. The molecule has 25 heavy (non-hydrogen) atoms. The average molecular weight is 428 g/mol. The third-order valence-electron chi connectivity index (χ3n) is 2.46. The fourth-order valence-electron chi connectivity index (χ4n) is 1.81.